The fourth-order valence-corrected chi connectivity index (χ4v) is 4.35. The van der Waals surface area contributed by atoms with Crippen LogP contribution in [0.15, 0.2) is 21.2 Å². The van der Waals surface area contributed by atoms with E-state index >= 15 is 0 Å². The van der Waals surface area contributed by atoms with Gasteiger partial charge in [0.1, 0.15) is 5.82 Å². The van der Waals surface area contributed by atoms with Crippen molar-refractivity contribution in [3.8, 4) is 0 Å². The van der Waals surface area contributed by atoms with Gasteiger partial charge >= 0.3 is 0 Å². The highest BCUT2D eigenvalue weighted by atomic mass is 79.9. The molecule has 0 radical (unpaired) electrons. The topological polar surface area (TPSA) is 28.2 Å². The van der Waals surface area contributed by atoms with Crippen LogP contribution in [0.25, 0.3) is 0 Å². The lowest BCUT2D eigenvalue weighted by Crippen LogP contribution is -2.44. The fraction of sp³-hybridized carbons (Fsp3) is 0.615. The third kappa shape index (κ3) is 2.45. The molecule has 2 aliphatic rings. The van der Waals surface area contributed by atoms with Crippen LogP contribution < -0.4 is 10.2 Å². The van der Waals surface area contributed by atoms with Crippen molar-refractivity contribution in [2.45, 2.75) is 37.8 Å². The summed E-state index contributed by atoms with van der Waals surface area (Å²) in [6.45, 7) is 2.29. The number of hydrogen-bond donors (Lipinski definition) is 1. The summed E-state index contributed by atoms with van der Waals surface area (Å²) in [7, 11) is 0. The molecule has 18 heavy (non-hydrogen) atoms. The predicted octanol–water partition coefficient (Wildman–Crippen LogP) is 3.33. The van der Waals surface area contributed by atoms with Gasteiger partial charge in [-0.3, -0.25) is 0 Å². The van der Waals surface area contributed by atoms with Gasteiger partial charge in [-0.05, 0) is 70.2 Å². The molecule has 1 aromatic heterocycles. The molecule has 3 rings (SSSR count). The van der Waals surface area contributed by atoms with E-state index in [1.54, 1.807) is 0 Å². The molecule has 0 amide bonds. The summed E-state index contributed by atoms with van der Waals surface area (Å²) in [5.41, 5.74) is 0. The van der Waals surface area contributed by atoms with Crippen LogP contribution in [0.4, 0.5) is 5.82 Å². The number of aromatic nitrogens is 1. The van der Waals surface area contributed by atoms with E-state index < -0.39 is 0 Å². The zero-order valence-electron chi connectivity index (χ0n) is 10.2. The number of nitrogens with one attached hydrogen (secondary N) is 1. The van der Waals surface area contributed by atoms with E-state index in [0.29, 0.717) is 12.1 Å². The molecule has 0 spiro atoms. The van der Waals surface area contributed by atoms with Gasteiger partial charge in [-0.1, -0.05) is 0 Å². The summed E-state index contributed by atoms with van der Waals surface area (Å²) in [5.74, 6) is 1.09. The van der Waals surface area contributed by atoms with Crippen molar-refractivity contribution in [3.63, 3.8) is 0 Å². The van der Waals surface area contributed by atoms with E-state index in [0.717, 1.165) is 21.3 Å². The van der Waals surface area contributed by atoms with Crippen molar-refractivity contribution in [1.82, 2.24) is 10.3 Å². The molecule has 0 aromatic carbocycles. The Hall–Kier alpha value is -0.130. The number of rotatable bonds is 2. The Labute approximate surface area is 125 Å². The summed E-state index contributed by atoms with van der Waals surface area (Å²) in [6.07, 6.45) is 7.05. The zero-order chi connectivity index (χ0) is 12.5. The largest absolute Gasteiger partial charge is 0.351 e. The molecule has 0 aliphatic carbocycles. The number of pyridine rings is 1. The van der Waals surface area contributed by atoms with E-state index in [1.165, 1.54) is 32.2 Å². The monoisotopic (exact) mass is 373 g/mol. The first-order chi connectivity index (χ1) is 8.75. The fourth-order valence-electron chi connectivity index (χ4n) is 3.13. The summed E-state index contributed by atoms with van der Waals surface area (Å²) < 4.78 is 2.11. The summed E-state index contributed by atoms with van der Waals surface area (Å²) >= 11 is 7.10. The molecule has 0 saturated carbocycles. The molecule has 2 aliphatic heterocycles. The molecule has 0 bridgehead atoms. The molecule has 2 unspecified atom stereocenters. The smallest absolute Gasteiger partial charge is 0.143 e. The third-order valence-electron chi connectivity index (χ3n) is 3.92. The Kier molecular flexibility index (Phi) is 3.91. The third-order valence-corrected chi connectivity index (χ3v) is 4.94. The van der Waals surface area contributed by atoms with E-state index in [9.17, 15) is 0 Å². The van der Waals surface area contributed by atoms with Crippen LogP contribution in [0.5, 0.6) is 0 Å². The number of halogens is 2. The quantitative estimate of drug-likeness (QED) is 0.860. The van der Waals surface area contributed by atoms with E-state index in [1.807, 2.05) is 6.20 Å². The van der Waals surface area contributed by atoms with Gasteiger partial charge in [-0.25, -0.2) is 4.98 Å². The second-order valence-electron chi connectivity index (χ2n) is 5.06. The van der Waals surface area contributed by atoms with Crippen LogP contribution in [0.2, 0.25) is 0 Å². The summed E-state index contributed by atoms with van der Waals surface area (Å²) in [6, 6.07) is 3.34. The van der Waals surface area contributed by atoms with Crippen LogP contribution in [0, 0.1) is 0 Å². The maximum absolute atomic E-state index is 4.59. The van der Waals surface area contributed by atoms with Crippen molar-refractivity contribution >= 4 is 37.7 Å². The highest BCUT2D eigenvalue weighted by molar-refractivity contribution is 9.11. The Bertz CT molecular complexity index is 432. The van der Waals surface area contributed by atoms with Crippen molar-refractivity contribution < 1.29 is 0 Å². The van der Waals surface area contributed by atoms with Crippen LogP contribution in [-0.2, 0) is 0 Å². The number of hydrogen-bond acceptors (Lipinski definition) is 3. The standard InChI is InChI=1S/C13H17Br2N3/c14-9-7-10(15)13(17-8-9)18-6-2-4-12(18)11-3-1-5-16-11/h7-8,11-12,16H,1-6H2. The van der Waals surface area contributed by atoms with Gasteiger partial charge in [0.15, 0.2) is 0 Å². The molecule has 2 fully saturated rings. The van der Waals surface area contributed by atoms with Crippen LogP contribution in [0.1, 0.15) is 25.7 Å². The predicted molar refractivity (Wildman–Crippen MR) is 81.0 cm³/mol. The van der Waals surface area contributed by atoms with Gasteiger partial charge < -0.3 is 10.2 Å². The summed E-state index contributed by atoms with van der Waals surface area (Å²) in [5, 5.41) is 3.64. The second-order valence-corrected chi connectivity index (χ2v) is 6.83. The van der Waals surface area contributed by atoms with Crippen LogP contribution in [0.3, 0.4) is 0 Å². The van der Waals surface area contributed by atoms with E-state index in [-0.39, 0.29) is 0 Å². The Morgan fingerprint density at radius 3 is 2.89 bits per heavy atom. The average Bonchev–Trinajstić information content (AvgIpc) is 2.98. The molecular weight excluding hydrogens is 358 g/mol. The van der Waals surface area contributed by atoms with Crippen molar-refractivity contribution in [1.29, 1.82) is 0 Å². The minimum Gasteiger partial charge on any atom is -0.351 e. The summed E-state index contributed by atoms with van der Waals surface area (Å²) in [4.78, 5) is 7.06. The molecule has 3 heterocycles. The molecule has 1 N–H and O–H groups in total. The lowest BCUT2D eigenvalue weighted by atomic mass is 10.0. The average molecular weight is 375 g/mol. The first-order valence-corrected chi connectivity index (χ1v) is 8.15. The molecule has 1 aromatic rings. The van der Waals surface area contributed by atoms with Gasteiger partial charge in [0, 0.05) is 29.3 Å². The molecule has 2 atom stereocenters. The Morgan fingerprint density at radius 2 is 2.17 bits per heavy atom. The molecule has 3 nitrogen and oxygen atoms in total. The van der Waals surface area contributed by atoms with E-state index in [4.69, 9.17) is 0 Å². The van der Waals surface area contributed by atoms with Gasteiger partial charge in [-0.2, -0.15) is 0 Å². The molecule has 2 saturated heterocycles. The normalized spacial score (nSPS) is 28.0. The van der Waals surface area contributed by atoms with Crippen molar-refractivity contribution in [2.75, 3.05) is 18.0 Å². The highest BCUT2D eigenvalue weighted by Crippen LogP contribution is 2.34. The SMILES string of the molecule is Brc1cnc(N2CCCC2C2CCCN2)c(Br)c1. The second kappa shape index (κ2) is 5.47. The van der Waals surface area contributed by atoms with Crippen LogP contribution in [-0.4, -0.2) is 30.2 Å². The molecule has 5 heteroatoms. The highest BCUT2D eigenvalue weighted by Gasteiger charge is 2.34. The Morgan fingerprint density at radius 1 is 1.28 bits per heavy atom. The van der Waals surface area contributed by atoms with Gasteiger partial charge in [0.05, 0.1) is 4.47 Å². The van der Waals surface area contributed by atoms with Crippen molar-refractivity contribution in [2.24, 2.45) is 0 Å². The van der Waals surface area contributed by atoms with Gasteiger partial charge in [0.2, 0.25) is 0 Å². The molecule has 98 valence electrons. The first kappa shape index (κ1) is 12.9. The minimum atomic E-state index is 0.609. The number of anilines is 1. The maximum Gasteiger partial charge on any atom is 0.143 e. The van der Waals surface area contributed by atoms with Crippen molar-refractivity contribution in [3.05, 3.63) is 21.2 Å². The number of nitrogens with zero attached hydrogens (tertiary/aromatic N) is 2. The first-order valence-electron chi connectivity index (χ1n) is 6.57. The van der Waals surface area contributed by atoms with Gasteiger partial charge in [-0.15, -0.1) is 0 Å². The maximum atomic E-state index is 4.59. The zero-order valence-corrected chi connectivity index (χ0v) is 13.4. The Balaban J connectivity index is 1.85. The van der Waals surface area contributed by atoms with E-state index in [2.05, 4.69) is 53.1 Å². The van der Waals surface area contributed by atoms with Crippen LogP contribution >= 0.6 is 31.9 Å². The van der Waals surface area contributed by atoms with Gasteiger partial charge in [0.25, 0.3) is 0 Å². The minimum absolute atomic E-state index is 0.609. The lowest BCUT2D eigenvalue weighted by molar-refractivity contribution is 0.480. The lowest BCUT2D eigenvalue weighted by Gasteiger charge is -2.31. The molecular formula is C13H17Br2N3.